The van der Waals surface area contributed by atoms with Crippen molar-refractivity contribution in [3.63, 3.8) is 0 Å². The fourth-order valence-electron chi connectivity index (χ4n) is 3.27. The lowest BCUT2D eigenvalue weighted by Gasteiger charge is -2.18. The Kier molecular flexibility index (Phi) is 2.99. The second kappa shape index (κ2) is 4.83. The summed E-state index contributed by atoms with van der Waals surface area (Å²) in [6, 6.07) is 6.20. The first-order chi connectivity index (χ1) is 11.0. The largest absolute Gasteiger partial charge is 0.507 e. The van der Waals surface area contributed by atoms with Gasteiger partial charge in [0.25, 0.3) is 0 Å². The van der Waals surface area contributed by atoms with Crippen molar-refractivity contribution in [1.29, 1.82) is 0 Å². The fraction of sp³-hybridized carbons (Fsp3) is 0.118. The standard InChI is InChI=1S/C17H11BrFNO3/c18-8-4-11-9-2-1-7-3-12(17(22)23)14(21)6-10(7)15(9)20-16(11)13(19)5-8/h3-6,20-21H,1-2H2,(H,22,23). The van der Waals surface area contributed by atoms with Crippen LogP contribution in [0.5, 0.6) is 5.75 Å². The third-order valence-electron chi connectivity index (χ3n) is 4.30. The topological polar surface area (TPSA) is 73.3 Å². The van der Waals surface area contributed by atoms with Crippen molar-refractivity contribution in [3.8, 4) is 17.0 Å². The SMILES string of the molecule is O=C(O)c1cc2c(cc1O)-c1[nH]c3c(F)cc(Br)cc3c1CC2. The third kappa shape index (κ3) is 2.05. The molecule has 6 heteroatoms. The minimum Gasteiger partial charge on any atom is -0.507 e. The molecule has 116 valence electrons. The van der Waals surface area contributed by atoms with E-state index in [0.29, 0.717) is 22.8 Å². The molecule has 1 aliphatic carbocycles. The number of carbonyl (C=O) groups is 1. The Bertz CT molecular complexity index is 993. The zero-order valence-corrected chi connectivity index (χ0v) is 13.4. The molecule has 0 saturated heterocycles. The second-order valence-corrected chi connectivity index (χ2v) is 6.54. The lowest BCUT2D eigenvalue weighted by Crippen LogP contribution is -2.06. The number of aryl methyl sites for hydroxylation is 2. The van der Waals surface area contributed by atoms with Gasteiger partial charge in [-0.15, -0.1) is 0 Å². The maximum absolute atomic E-state index is 14.2. The lowest BCUT2D eigenvalue weighted by atomic mass is 9.87. The minimum atomic E-state index is -1.16. The quantitative estimate of drug-likeness (QED) is 0.595. The summed E-state index contributed by atoms with van der Waals surface area (Å²) in [4.78, 5) is 14.2. The van der Waals surface area contributed by atoms with Gasteiger partial charge in [0.05, 0.1) is 11.2 Å². The minimum absolute atomic E-state index is 0.114. The van der Waals surface area contributed by atoms with Crippen LogP contribution in [0.25, 0.3) is 22.2 Å². The average molecular weight is 376 g/mol. The summed E-state index contributed by atoms with van der Waals surface area (Å²) in [6.45, 7) is 0. The summed E-state index contributed by atoms with van der Waals surface area (Å²) in [5.74, 6) is -1.80. The number of aromatic nitrogens is 1. The van der Waals surface area contributed by atoms with Gasteiger partial charge >= 0.3 is 5.97 Å². The van der Waals surface area contributed by atoms with E-state index in [1.807, 2.05) is 6.07 Å². The zero-order valence-electron chi connectivity index (χ0n) is 11.8. The highest BCUT2D eigenvalue weighted by Gasteiger charge is 2.25. The molecule has 2 aromatic carbocycles. The lowest BCUT2D eigenvalue weighted by molar-refractivity contribution is 0.0693. The molecular weight excluding hydrogens is 365 g/mol. The summed E-state index contributed by atoms with van der Waals surface area (Å²) in [5.41, 5.74) is 3.59. The van der Waals surface area contributed by atoms with Crippen molar-refractivity contribution >= 4 is 32.8 Å². The monoisotopic (exact) mass is 375 g/mol. The predicted octanol–water partition coefficient (Wildman–Crippen LogP) is 4.24. The van der Waals surface area contributed by atoms with Crippen LogP contribution in [0.1, 0.15) is 21.5 Å². The number of hydrogen-bond donors (Lipinski definition) is 3. The van der Waals surface area contributed by atoms with E-state index in [1.165, 1.54) is 18.2 Å². The number of phenols is 1. The molecule has 0 aliphatic heterocycles. The Hall–Kier alpha value is -2.34. The van der Waals surface area contributed by atoms with Gasteiger partial charge in [-0.3, -0.25) is 0 Å². The van der Waals surface area contributed by atoms with Gasteiger partial charge in [0.1, 0.15) is 17.1 Å². The molecule has 0 unspecified atom stereocenters. The number of fused-ring (bicyclic) bond motifs is 5. The molecule has 0 amide bonds. The van der Waals surface area contributed by atoms with Crippen molar-refractivity contribution in [2.75, 3.05) is 0 Å². The highest BCUT2D eigenvalue weighted by atomic mass is 79.9. The highest BCUT2D eigenvalue weighted by Crippen LogP contribution is 2.41. The van der Waals surface area contributed by atoms with Crippen molar-refractivity contribution in [1.82, 2.24) is 4.98 Å². The fourth-order valence-corrected chi connectivity index (χ4v) is 3.70. The number of aromatic carboxylic acids is 1. The summed E-state index contributed by atoms with van der Waals surface area (Å²) in [7, 11) is 0. The number of aromatic hydroxyl groups is 1. The molecule has 0 radical (unpaired) electrons. The van der Waals surface area contributed by atoms with Crippen molar-refractivity contribution in [3.05, 3.63) is 51.2 Å². The van der Waals surface area contributed by atoms with Crippen LogP contribution in [0.15, 0.2) is 28.7 Å². The van der Waals surface area contributed by atoms with Crippen LogP contribution in [0.3, 0.4) is 0 Å². The zero-order chi connectivity index (χ0) is 16.3. The van der Waals surface area contributed by atoms with Gasteiger partial charge < -0.3 is 15.2 Å². The van der Waals surface area contributed by atoms with E-state index in [1.54, 1.807) is 0 Å². The summed E-state index contributed by atoms with van der Waals surface area (Å²) >= 11 is 3.31. The number of hydrogen-bond acceptors (Lipinski definition) is 2. The van der Waals surface area contributed by atoms with Crippen LogP contribution in [-0.2, 0) is 12.8 Å². The van der Waals surface area contributed by atoms with Gasteiger partial charge in [-0.25, -0.2) is 9.18 Å². The number of halogens is 2. The predicted molar refractivity (Wildman–Crippen MR) is 87.4 cm³/mol. The van der Waals surface area contributed by atoms with Gasteiger partial charge in [0.2, 0.25) is 0 Å². The van der Waals surface area contributed by atoms with E-state index in [4.69, 9.17) is 5.11 Å². The van der Waals surface area contributed by atoms with Crippen LogP contribution in [0.4, 0.5) is 4.39 Å². The molecule has 23 heavy (non-hydrogen) atoms. The molecule has 3 aromatic rings. The van der Waals surface area contributed by atoms with E-state index >= 15 is 0 Å². The third-order valence-corrected chi connectivity index (χ3v) is 4.76. The first-order valence-corrected chi connectivity index (χ1v) is 7.84. The molecule has 1 aromatic heterocycles. The first kappa shape index (κ1) is 14.3. The Morgan fingerprint density at radius 1 is 1.22 bits per heavy atom. The highest BCUT2D eigenvalue weighted by molar-refractivity contribution is 9.10. The van der Waals surface area contributed by atoms with Gasteiger partial charge in [0, 0.05) is 15.4 Å². The Balaban J connectivity index is 2.02. The number of nitrogens with one attached hydrogen (secondary N) is 1. The van der Waals surface area contributed by atoms with Gasteiger partial charge in [-0.05, 0) is 48.2 Å². The number of carboxylic acids is 1. The van der Waals surface area contributed by atoms with Crippen LogP contribution in [-0.4, -0.2) is 21.2 Å². The Morgan fingerprint density at radius 2 is 2.00 bits per heavy atom. The van der Waals surface area contributed by atoms with Crippen molar-refractivity contribution in [2.24, 2.45) is 0 Å². The molecule has 4 rings (SSSR count). The van der Waals surface area contributed by atoms with Crippen LogP contribution in [0, 0.1) is 5.82 Å². The molecule has 0 atom stereocenters. The van der Waals surface area contributed by atoms with Crippen LogP contribution in [0.2, 0.25) is 0 Å². The van der Waals surface area contributed by atoms with Crippen LogP contribution < -0.4 is 0 Å². The second-order valence-electron chi connectivity index (χ2n) is 5.62. The number of rotatable bonds is 1. The molecule has 0 bridgehead atoms. The van der Waals surface area contributed by atoms with E-state index < -0.39 is 5.97 Å². The number of H-pyrrole nitrogens is 1. The molecule has 0 saturated carbocycles. The molecule has 0 fully saturated rings. The Labute approximate surface area is 138 Å². The number of aromatic amines is 1. The van der Waals surface area contributed by atoms with E-state index in [9.17, 15) is 14.3 Å². The first-order valence-electron chi connectivity index (χ1n) is 7.05. The molecule has 3 N–H and O–H groups in total. The van der Waals surface area contributed by atoms with Crippen molar-refractivity contribution < 1.29 is 19.4 Å². The van der Waals surface area contributed by atoms with Crippen molar-refractivity contribution in [2.45, 2.75) is 12.8 Å². The summed E-state index contributed by atoms with van der Waals surface area (Å²) in [5, 5.41) is 19.9. The molecule has 1 aliphatic rings. The molecule has 0 spiro atoms. The van der Waals surface area contributed by atoms with Gasteiger partial charge in [0.15, 0.2) is 0 Å². The summed E-state index contributed by atoms with van der Waals surface area (Å²) < 4.78 is 14.8. The van der Waals surface area contributed by atoms with Gasteiger partial charge in [-0.1, -0.05) is 15.9 Å². The van der Waals surface area contributed by atoms with E-state index in [0.717, 1.165) is 27.8 Å². The molecule has 1 heterocycles. The molecule has 4 nitrogen and oxygen atoms in total. The normalized spacial score (nSPS) is 13.0. The van der Waals surface area contributed by atoms with Gasteiger partial charge in [-0.2, -0.15) is 0 Å². The maximum atomic E-state index is 14.2. The van der Waals surface area contributed by atoms with Crippen LogP contribution >= 0.6 is 15.9 Å². The maximum Gasteiger partial charge on any atom is 0.339 e. The Morgan fingerprint density at radius 3 is 2.74 bits per heavy atom. The number of benzene rings is 2. The smallest absolute Gasteiger partial charge is 0.339 e. The number of carboxylic acid groups (broad SMARTS) is 1. The summed E-state index contributed by atoms with van der Waals surface area (Å²) in [6.07, 6.45) is 1.33. The van der Waals surface area contributed by atoms with E-state index in [2.05, 4.69) is 20.9 Å². The molecular formula is C17H11BrFNO3. The average Bonchev–Trinajstić information content (AvgIpc) is 2.86. The van der Waals surface area contributed by atoms with E-state index in [-0.39, 0.29) is 17.1 Å².